The van der Waals surface area contributed by atoms with Crippen LogP contribution in [-0.4, -0.2) is 43.9 Å². The number of nitrogens with zero attached hydrogens (tertiary/aromatic N) is 3. The maximum atomic E-state index is 10.8. The van der Waals surface area contributed by atoms with E-state index in [1.807, 2.05) is 0 Å². The molecule has 2 heterocycles. The van der Waals surface area contributed by atoms with Crippen molar-refractivity contribution in [3.8, 4) is 0 Å². The Morgan fingerprint density at radius 1 is 1.67 bits per heavy atom. The lowest BCUT2D eigenvalue weighted by Gasteiger charge is -2.27. The number of piperidine rings is 1. The van der Waals surface area contributed by atoms with Crippen molar-refractivity contribution >= 4 is 18.2 Å². The van der Waals surface area contributed by atoms with E-state index in [2.05, 4.69) is 20.8 Å². The number of carboxylic acid groups (broad SMARTS) is 1. The fourth-order valence-electron chi connectivity index (χ4n) is 1.76. The number of hydrogen-bond donors (Lipinski definition) is 3. The summed E-state index contributed by atoms with van der Waals surface area (Å²) in [5.41, 5.74) is 0. The molecule has 1 aromatic rings. The van der Waals surface area contributed by atoms with E-state index in [-0.39, 0.29) is 6.04 Å². The third-order valence-corrected chi connectivity index (χ3v) is 2.81. The summed E-state index contributed by atoms with van der Waals surface area (Å²) < 4.78 is 2.01. The van der Waals surface area contributed by atoms with E-state index >= 15 is 0 Å². The highest BCUT2D eigenvalue weighted by Crippen LogP contribution is 2.20. The van der Waals surface area contributed by atoms with Gasteiger partial charge in [-0.2, -0.15) is 5.21 Å². The monoisotopic (exact) mass is 229 g/mol. The van der Waals surface area contributed by atoms with Crippen LogP contribution in [0.15, 0.2) is 0 Å². The molecule has 0 saturated carbocycles. The molecule has 2 atom stereocenters. The van der Waals surface area contributed by atoms with Crippen molar-refractivity contribution in [1.82, 2.24) is 25.5 Å². The van der Waals surface area contributed by atoms with Gasteiger partial charge in [0.15, 0.2) is 0 Å². The first kappa shape index (κ1) is 10.2. The van der Waals surface area contributed by atoms with Crippen LogP contribution < -0.4 is 5.32 Å². The molecule has 8 heteroatoms. The second-order valence-electron chi connectivity index (χ2n) is 3.48. The molecule has 1 aliphatic rings. The first-order chi connectivity index (χ1) is 7.18. The van der Waals surface area contributed by atoms with E-state index in [0.29, 0.717) is 17.7 Å². The molecular weight excluding hydrogens is 218 g/mol. The number of carboxylic acids is 1. The van der Waals surface area contributed by atoms with Crippen molar-refractivity contribution in [2.75, 3.05) is 6.54 Å². The van der Waals surface area contributed by atoms with Gasteiger partial charge in [0.1, 0.15) is 6.04 Å². The van der Waals surface area contributed by atoms with E-state index < -0.39 is 12.0 Å². The highest BCUT2D eigenvalue weighted by molar-refractivity contribution is 7.71. The topological polar surface area (TPSA) is 95.8 Å². The molecular formula is C7H11N5O2S. The highest BCUT2D eigenvalue weighted by atomic mass is 32.1. The van der Waals surface area contributed by atoms with E-state index in [0.717, 1.165) is 6.42 Å². The maximum absolute atomic E-state index is 10.8. The molecule has 1 aromatic heterocycles. The molecule has 0 amide bonds. The molecule has 2 unspecified atom stereocenters. The van der Waals surface area contributed by atoms with Crippen LogP contribution in [0, 0.1) is 4.77 Å². The van der Waals surface area contributed by atoms with E-state index in [1.165, 1.54) is 0 Å². The van der Waals surface area contributed by atoms with Crippen LogP contribution in [0.2, 0.25) is 0 Å². The lowest BCUT2D eigenvalue weighted by molar-refractivity contribution is -0.140. The highest BCUT2D eigenvalue weighted by Gasteiger charge is 2.28. The Balaban J connectivity index is 2.14. The van der Waals surface area contributed by atoms with Gasteiger partial charge in [-0.3, -0.25) is 4.79 Å². The number of H-pyrrole nitrogens is 1. The van der Waals surface area contributed by atoms with Gasteiger partial charge in [-0.05, 0) is 31.6 Å². The Bertz CT molecular complexity index is 414. The quantitative estimate of drug-likeness (QED) is 0.603. The molecule has 82 valence electrons. The normalized spacial score (nSPS) is 26.4. The Labute approximate surface area is 90.5 Å². The predicted octanol–water partition coefficient (Wildman–Crippen LogP) is -0.287. The predicted molar refractivity (Wildman–Crippen MR) is 52.9 cm³/mol. The zero-order valence-corrected chi connectivity index (χ0v) is 8.70. The Kier molecular flexibility index (Phi) is 2.78. The Morgan fingerprint density at radius 3 is 3.07 bits per heavy atom. The molecule has 0 radical (unpaired) electrons. The molecule has 15 heavy (non-hydrogen) atoms. The largest absolute Gasteiger partial charge is 0.480 e. The van der Waals surface area contributed by atoms with Gasteiger partial charge in [-0.1, -0.05) is 10.3 Å². The van der Waals surface area contributed by atoms with Crippen molar-refractivity contribution < 1.29 is 9.90 Å². The second kappa shape index (κ2) is 4.07. The summed E-state index contributed by atoms with van der Waals surface area (Å²) in [5, 5.41) is 21.7. The smallest absolute Gasteiger partial charge is 0.320 e. The summed E-state index contributed by atoms with van der Waals surface area (Å²) in [6, 6.07) is -0.483. The molecule has 3 N–H and O–H groups in total. The third kappa shape index (κ3) is 2.05. The summed E-state index contributed by atoms with van der Waals surface area (Å²) in [4.78, 5) is 10.8. The zero-order chi connectivity index (χ0) is 10.8. The number of hydrogen-bond acceptors (Lipinski definition) is 5. The van der Waals surface area contributed by atoms with E-state index in [1.54, 1.807) is 4.68 Å². The van der Waals surface area contributed by atoms with Crippen LogP contribution in [0.25, 0.3) is 0 Å². The molecule has 0 aromatic carbocycles. The number of tetrazole rings is 1. The van der Waals surface area contributed by atoms with Crippen LogP contribution in [0.1, 0.15) is 18.9 Å². The number of aromatic nitrogens is 4. The number of aromatic amines is 1. The molecule has 1 fully saturated rings. The molecule has 2 rings (SSSR count). The molecule has 1 saturated heterocycles. The average Bonchev–Trinajstić information content (AvgIpc) is 2.64. The minimum atomic E-state index is -0.835. The molecule has 0 aliphatic carbocycles. The summed E-state index contributed by atoms with van der Waals surface area (Å²) in [5.74, 6) is -0.835. The minimum Gasteiger partial charge on any atom is -0.480 e. The lowest BCUT2D eigenvalue weighted by atomic mass is 10.00. The second-order valence-corrected chi connectivity index (χ2v) is 3.84. The fourth-order valence-corrected chi connectivity index (χ4v) is 1.99. The van der Waals surface area contributed by atoms with Gasteiger partial charge in [0, 0.05) is 0 Å². The third-order valence-electron chi connectivity index (χ3n) is 2.53. The average molecular weight is 229 g/mol. The van der Waals surface area contributed by atoms with Crippen LogP contribution in [0.5, 0.6) is 0 Å². The first-order valence-electron chi connectivity index (χ1n) is 4.64. The van der Waals surface area contributed by atoms with E-state index in [4.69, 9.17) is 17.3 Å². The van der Waals surface area contributed by atoms with Gasteiger partial charge >= 0.3 is 5.97 Å². The van der Waals surface area contributed by atoms with Crippen molar-refractivity contribution in [1.29, 1.82) is 0 Å². The van der Waals surface area contributed by atoms with Crippen molar-refractivity contribution in [3.63, 3.8) is 0 Å². The molecule has 1 aliphatic heterocycles. The van der Waals surface area contributed by atoms with Gasteiger partial charge in [0.05, 0.1) is 6.04 Å². The van der Waals surface area contributed by atoms with Crippen LogP contribution >= 0.6 is 12.2 Å². The molecule has 7 nitrogen and oxygen atoms in total. The van der Waals surface area contributed by atoms with Crippen molar-refractivity contribution in [2.45, 2.75) is 24.9 Å². The summed E-state index contributed by atoms with van der Waals surface area (Å²) in [6.45, 7) is 0.655. The van der Waals surface area contributed by atoms with Gasteiger partial charge in [0.25, 0.3) is 0 Å². The Hall–Kier alpha value is -1.28. The number of aliphatic carboxylic acids is 1. The van der Waals surface area contributed by atoms with Gasteiger partial charge in [-0.15, -0.1) is 0 Å². The lowest BCUT2D eigenvalue weighted by Crippen LogP contribution is -2.44. The van der Waals surface area contributed by atoms with Crippen LogP contribution in [0.4, 0.5) is 0 Å². The van der Waals surface area contributed by atoms with Crippen molar-refractivity contribution in [2.24, 2.45) is 0 Å². The first-order valence-corrected chi connectivity index (χ1v) is 5.05. The zero-order valence-electron chi connectivity index (χ0n) is 7.88. The maximum Gasteiger partial charge on any atom is 0.320 e. The molecule has 0 bridgehead atoms. The van der Waals surface area contributed by atoms with Gasteiger partial charge in [0.2, 0.25) is 4.77 Å². The van der Waals surface area contributed by atoms with Gasteiger partial charge in [-0.25, -0.2) is 4.68 Å². The molecule has 0 spiro atoms. The van der Waals surface area contributed by atoms with E-state index in [9.17, 15) is 4.79 Å². The summed E-state index contributed by atoms with van der Waals surface area (Å²) in [6.07, 6.45) is 1.31. The fraction of sp³-hybridized carbons (Fsp3) is 0.714. The summed E-state index contributed by atoms with van der Waals surface area (Å²) >= 11 is 4.96. The number of nitrogens with one attached hydrogen (secondary N) is 2. The SMILES string of the molecule is O=C(O)C1CC(n2[nH]nnc2=S)CCN1. The van der Waals surface area contributed by atoms with Crippen LogP contribution in [0.3, 0.4) is 0 Å². The van der Waals surface area contributed by atoms with Crippen molar-refractivity contribution in [3.05, 3.63) is 4.77 Å². The number of carbonyl (C=O) groups is 1. The summed E-state index contributed by atoms with van der Waals surface area (Å²) in [7, 11) is 0. The standard InChI is InChI=1S/C7H11N5O2S/c13-6(14)5-3-4(1-2-8-5)12-7(15)9-10-11-12/h4-5,8H,1-3H2,(H,13,14)(H,9,11,15). The number of rotatable bonds is 2. The van der Waals surface area contributed by atoms with Crippen LogP contribution in [-0.2, 0) is 4.79 Å². The Morgan fingerprint density at radius 2 is 2.47 bits per heavy atom. The minimum absolute atomic E-state index is 0.0369. The van der Waals surface area contributed by atoms with Gasteiger partial charge < -0.3 is 10.4 Å².